The fourth-order valence-corrected chi connectivity index (χ4v) is 4.67. The summed E-state index contributed by atoms with van der Waals surface area (Å²) in [6.45, 7) is 3.71. The van der Waals surface area contributed by atoms with Gasteiger partial charge in [-0.3, -0.25) is 9.69 Å². The summed E-state index contributed by atoms with van der Waals surface area (Å²) in [5.41, 5.74) is 3.00. The summed E-state index contributed by atoms with van der Waals surface area (Å²) in [5, 5.41) is 9.14. The van der Waals surface area contributed by atoms with Crippen molar-refractivity contribution in [2.24, 2.45) is 0 Å². The van der Waals surface area contributed by atoms with Gasteiger partial charge in [-0.2, -0.15) is 0 Å². The van der Waals surface area contributed by atoms with Crippen LogP contribution in [0, 0.1) is 0 Å². The number of carbonyl (C=O) groups is 1. The van der Waals surface area contributed by atoms with Gasteiger partial charge in [0.25, 0.3) is 5.91 Å². The molecule has 168 valence electrons. The minimum absolute atomic E-state index is 0.125. The molecule has 2 heterocycles. The van der Waals surface area contributed by atoms with Crippen molar-refractivity contribution in [2.75, 3.05) is 32.1 Å². The number of likely N-dealkylation sites (tertiary alicyclic amines) is 1. The Bertz CT molecular complexity index is 983. The zero-order chi connectivity index (χ0) is 22.2. The summed E-state index contributed by atoms with van der Waals surface area (Å²) in [5.74, 6) is 0.711. The minimum Gasteiger partial charge on any atom is -0.497 e. The van der Waals surface area contributed by atoms with Gasteiger partial charge in [0.1, 0.15) is 11.4 Å². The third-order valence-corrected chi connectivity index (χ3v) is 6.53. The van der Waals surface area contributed by atoms with Crippen LogP contribution in [0.25, 0.3) is 0 Å². The Hall–Kier alpha value is -2.90. The van der Waals surface area contributed by atoms with Crippen molar-refractivity contribution >= 4 is 22.4 Å². The molecule has 2 aromatic carbocycles. The Morgan fingerprint density at radius 2 is 1.84 bits per heavy atom. The molecule has 0 saturated carbocycles. The molecule has 3 aromatic rings. The number of amides is 1. The van der Waals surface area contributed by atoms with Crippen molar-refractivity contribution < 1.29 is 9.53 Å². The Labute approximate surface area is 193 Å². The summed E-state index contributed by atoms with van der Waals surface area (Å²) >= 11 is 1.50. The molecule has 32 heavy (non-hydrogen) atoms. The molecule has 1 fully saturated rings. The van der Waals surface area contributed by atoms with Crippen molar-refractivity contribution in [2.45, 2.75) is 31.8 Å². The molecule has 0 bridgehead atoms. The van der Waals surface area contributed by atoms with Gasteiger partial charge in [0.15, 0.2) is 5.13 Å². The molecule has 1 aliphatic heterocycles. The largest absolute Gasteiger partial charge is 0.497 e. The lowest BCUT2D eigenvalue weighted by Crippen LogP contribution is -2.38. The molecule has 0 spiro atoms. The summed E-state index contributed by atoms with van der Waals surface area (Å²) in [6.07, 6.45) is 2.93. The fraction of sp³-hybridized carbons (Fsp3) is 0.360. The number of hydrogen-bond donors (Lipinski definition) is 2. The monoisotopic (exact) mass is 450 g/mol. The second-order valence-electron chi connectivity index (χ2n) is 8.07. The molecule has 2 N–H and O–H groups in total. The standard InChI is InChI=1S/C25H30N4O2S/c1-31-22-9-7-19(8-10-22)11-14-26-24(30)23-18-32-25(28-23)27-21-12-15-29(16-13-21)17-20-5-3-2-4-6-20/h2-10,18,21H,11-17H2,1H3,(H,26,30)(H,27,28). The Morgan fingerprint density at radius 1 is 1.09 bits per heavy atom. The van der Waals surface area contributed by atoms with Gasteiger partial charge in [0, 0.05) is 37.6 Å². The molecule has 0 unspecified atom stereocenters. The number of carbonyl (C=O) groups excluding carboxylic acids is 1. The number of nitrogens with zero attached hydrogens (tertiary/aromatic N) is 2. The highest BCUT2D eigenvalue weighted by molar-refractivity contribution is 7.13. The minimum atomic E-state index is -0.125. The van der Waals surface area contributed by atoms with Crippen molar-refractivity contribution in [3.8, 4) is 5.75 Å². The van der Waals surface area contributed by atoms with E-state index in [4.69, 9.17) is 4.74 Å². The maximum Gasteiger partial charge on any atom is 0.270 e. The number of piperidine rings is 1. The summed E-state index contributed by atoms with van der Waals surface area (Å²) in [4.78, 5) is 19.4. The van der Waals surface area contributed by atoms with Crippen molar-refractivity contribution in [3.63, 3.8) is 0 Å². The molecule has 0 radical (unpaired) electrons. The van der Waals surface area contributed by atoms with E-state index in [1.807, 2.05) is 29.6 Å². The molecular weight excluding hydrogens is 420 g/mol. The lowest BCUT2D eigenvalue weighted by atomic mass is 10.0. The number of ether oxygens (including phenoxy) is 1. The van der Waals surface area contributed by atoms with E-state index in [-0.39, 0.29) is 5.91 Å². The van der Waals surface area contributed by atoms with Gasteiger partial charge in [0.2, 0.25) is 0 Å². The van der Waals surface area contributed by atoms with E-state index in [9.17, 15) is 4.79 Å². The van der Waals surface area contributed by atoms with E-state index < -0.39 is 0 Å². The summed E-state index contributed by atoms with van der Waals surface area (Å²) < 4.78 is 5.17. The Morgan fingerprint density at radius 3 is 2.56 bits per heavy atom. The van der Waals surface area contributed by atoms with Crippen LogP contribution >= 0.6 is 11.3 Å². The van der Waals surface area contributed by atoms with E-state index in [0.717, 1.165) is 55.3 Å². The zero-order valence-corrected chi connectivity index (χ0v) is 19.2. The first-order valence-electron chi connectivity index (χ1n) is 11.1. The first-order chi connectivity index (χ1) is 15.7. The van der Waals surface area contributed by atoms with Crippen LogP contribution in [0.4, 0.5) is 5.13 Å². The van der Waals surface area contributed by atoms with Crippen LogP contribution in [-0.2, 0) is 13.0 Å². The number of thiazole rings is 1. The Balaban J connectivity index is 1.18. The van der Waals surface area contributed by atoms with Gasteiger partial charge in [-0.1, -0.05) is 42.5 Å². The van der Waals surface area contributed by atoms with Gasteiger partial charge in [0.05, 0.1) is 7.11 Å². The van der Waals surface area contributed by atoms with Crippen LogP contribution in [0.5, 0.6) is 5.75 Å². The van der Waals surface area contributed by atoms with E-state index in [1.54, 1.807) is 7.11 Å². The first kappa shape index (κ1) is 22.3. The fourth-order valence-electron chi connectivity index (χ4n) is 3.90. The van der Waals surface area contributed by atoms with E-state index in [1.165, 1.54) is 16.9 Å². The number of hydrogen-bond acceptors (Lipinski definition) is 6. The van der Waals surface area contributed by atoms with Crippen LogP contribution < -0.4 is 15.4 Å². The number of methoxy groups -OCH3 is 1. The lowest BCUT2D eigenvalue weighted by Gasteiger charge is -2.32. The van der Waals surface area contributed by atoms with Crippen LogP contribution in [0.3, 0.4) is 0 Å². The second kappa shape index (κ2) is 11.1. The normalized spacial score (nSPS) is 14.8. The maximum atomic E-state index is 12.4. The quantitative estimate of drug-likeness (QED) is 0.511. The van der Waals surface area contributed by atoms with E-state index >= 15 is 0 Å². The second-order valence-corrected chi connectivity index (χ2v) is 8.93. The molecule has 1 aliphatic rings. The maximum absolute atomic E-state index is 12.4. The molecule has 4 rings (SSSR count). The number of nitrogens with one attached hydrogen (secondary N) is 2. The highest BCUT2D eigenvalue weighted by atomic mass is 32.1. The molecule has 1 amide bonds. The van der Waals surface area contributed by atoms with Crippen LogP contribution in [-0.4, -0.2) is 48.6 Å². The number of rotatable bonds is 9. The molecule has 1 saturated heterocycles. The Kier molecular flexibility index (Phi) is 7.74. The van der Waals surface area contributed by atoms with Crippen molar-refractivity contribution in [1.82, 2.24) is 15.2 Å². The SMILES string of the molecule is COc1ccc(CCNC(=O)c2csc(NC3CCN(Cc4ccccc4)CC3)n2)cc1. The summed E-state index contributed by atoms with van der Waals surface area (Å²) in [7, 11) is 1.65. The third kappa shape index (κ3) is 6.31. The summed E-state index contributed by atoms with van der Waals surface area (Å²) in [6, 6.07) is 18.9. The number of anilines is 1. The van der Waals surface area contributed by atoms with Crippen LogP contribution in [0.2, 0.25) is 0 Å². The molecule has 0 aliphatic carbocycles. The van der Waals surface area contributed by atoms with Crippen molar-refractivity contribution in [1.29, 1.82) is 0 Å². The average molecular weight is 451 g/mol. The lowest BCUT2D eigenvalue weighted by molar-refractivity contribution is 0.0950. The van der Waals surface area contributed by atoms with Crippen LogP contribution in [0.1, 0.15) is 34.5 Å². The smallest absolute Gasteiger partial charge is 0.270 e. The van der Waals surface area contributed by atoms with Crippen molar-refractivity contribution in [3.05, 3.63) is 76.8 Å². The molecule has 7 heteroatoms. The zero-order valence-electron chi connectivity index (χ0n) is 18.4. The predicted octanol–water partition coefficient (Wildman–Crippen LogP) is 4.20. The molecule has 0 atom stereocenters. The van der Waals surface area contributed by atoms with Gasteiger partial charge >= 0.3 is 0 Å². The molecular formula is C25H30N4O2S. The highest BCUT2D eigenvalue weighted by Crippen LogP contribution is 2.21. The average Bonchev–Trinajstić information content (AvgIpc) is 3.30. The van der Waals surface area contributed by atoms with Gasteiger partial charge in [-0.25, -0.2) is 4.98 Å². The first-order valence-corrected chi connectivity index (χ1v) is 12.0. The topological polar surface area (TPSA) is 66.5 Å². The highest BCUT2D eigenvalue weighted by Gasteiger charge is 2.20. The predicted molar refractivity (Wildman–Crippen MR) is 130 cm³/mol. The number of benzene rings is 2. The van der Waals surface area contributed by atoms with Gasteiger partial charge < -0.3 is 15.4 Å². The molecule has 6 nitrogen and oxygen atoms in total. The van der Waals surface area contributed by atoms with Crippen LogP contribution in [0.15, 0.2) is 60.0 Å². The molecule has 1 aromatic heterocycles. The third-order valence-electron chi connectivity index (χ3n) is 5.76. The number of aromatic nitrogens is 1. The van der Waals surface area contributed by atoms with E-state index in [2.05, 4.69) is 50.8 Å². The van der Waals surface area contributed by atoms with Gasteiger partial charge in [-0.05, 0) is 42.5 Å². The van der Waals surface area contributed by atoms with E-state index in [0.29, 0.717) is 18.3 Å². The van der Waals surface area contributed by atoms with Gasteiger partial charge in [-0.15, -0.1) is 11.3 Å².